The third-order valence-corrected chi connectivity index (χ3v) is 6.30. The predicted octanol–water partition coefficient (Wildman–Crippen LogP) is 4.32. The van der Waals surface area contributed by atoms with Gasteiger partial charge in [0.05, 0.1) is 17.7 Å². The molecule has 1 aromatic heterocycles. The topological polar surface area (TPSA) is 54.3 Å². The lowest BCUT2D eigenvalue weighted by molar-refractivity contribution is -0.122. The molecule has 1 aliphatic rings. The fraction of sp³-hybridized carbons (Fsp3) is 0.172. The van der Waals surface area contributed by atoms with E-state index in [1.807, 2.05) is 80.8 Å². The molecule has 4 aromatic rings. The van der Waals surface area contributed by atoms with E-state index in [-0.39, 0.29) is 11.8 Å². The van der Waals surface area contributed by atoms with Crippen molar-refractivity contribution < 1.29 is 9.59 Å². The van der Waals surface area contributed by atoms with Crippen molar-refractivity contribution in [3.05, 3.63) is 84.1 Å². The molecule has 0 aliphatic carbocycles. The number of hydrogen-bond donors (Lipinski definition) is 1. The molecule has 0 atom stereocenters. The number of fused-ring (bicyclic) bond motifs is 2. The second-order valence-electron chi connectivity index (χ2n) is 8.48. The number of nitrogens with one attached hydrogen (secondary N) is 1. The van der Waals surface area contributed by atoms with E-state index in [4.69, 9.17) is 0 Å². The highest BCUT2D eigenvalue weighted by Crippen LogP contribution is 2.38. The van der Waals surface area contributed by atoms with Crippen molar-refractivity contribution in [2.45, 2.75) is 13.5 Å². The van der Waals surface area contributed by atoms with Gasteiger partial charge in [-0.1, -0.05) is 66.6 Å². The Morgan fingerprint density at radius 2 is 1.53 bits per heavy atom. The molecule has 0 saturated heterocycles. The molecule has 1 N–H and O–H groups in total. The van der Waals surface area contributed by atoms with Crippen molar-refractivity contribution >= 4 is 44.6 Å². The van der Waals surface area contributed by atoms with Crippen molar-refractivity contribution in [3.8, 4) is 11.8 Å². The summed E-state index contributed by atoms with van der Waals surface area (Å²) in [5.74, 6) is 5.31. The summed E-state index contributed by atoms with van der Waals surface area (Å²) in [6.45, 7) is 4.10. The highest BCUT2D eigenvalue weighted by atomic mass is 16.2. The zero-order valence-corrected chi connectivity index (χ0v) is 19.3. The maximum atomic E-state index is 13.1. The van der Waals surface area contributed by atoms with Crippen LogP contribution in [-0.4, -0.2) is 41.4 Å². The van der Waals surface area contributed by atoms with Crippen LogP contribution in [0.4, 0.5) is 0 Å². The normalized spacial score (nSPS) is 13.6. The van der Waals surface area contributed by atoms with Gasteiger partial charge in [-0.15, -0.1) is 5.92 Å². The van der Waals surface area contributed by atoms with Gasteiger partial charge in [-0.3, -0.25) is 19.8 Å². The third-order valence-electron chi connectivity index (χ3n) is 6.30. The van der Waals surface area contributed by atoms with E-state index in [9.17, 15) is 9.59 Å². The largest absolute Gasteiger partial charge is 0.346 e. The van der Waals surface area contributed by atoms with E-state index in [1.54, 1.807) is 0 Å². The first kappa shape index (κ1) is 21.7. The minimum Gasteiger partial charge on any atom is -0.346 e. The van der Waals surface area contributed by atoms with Crippen LogP contribution in [0.1, 0.15) is 18.1 Å². The first-order valence-electron chi connectivity index (χ1n) is 11.3. The first-order valence-corrected chi connectivity index (χ1v) is 11.3. The number of benzene rings is 3. The number of carbonyl (C=O) groups is 2. The van der Waals surface area contributed by atoms with Gasteiger partial charge in [0.25, 0.3) is 11.8 Å². The molecule has 5 nitrogen and oxygen atoms in total. The van der Waals surface area contributed by atoms with Gasteiger partial charge in [0.15, 0.2) is 0 Å². The average Bonchev–Trinajstić information content (AvgIpc) is 3.36. The second kappa shape index (κ2) is 9.01. The van der Waals surface area contributed by atoms with Crippen molar-refractivity contribution in [3.63, 3.8) is 0 Å². The Hall–Kier alpha value is -4.14. The number of carbonyl (C=O) groups excluding carboxylic acids is 2. The smallest absolute Gasteiger partial charge is 0.259 e. The van der Waals surface area contributed by atoms with Gasteiger partial charge >= 0.3 is 0 Å². The summed E-state index contributed by atoms with van der Waals surface area (Å²) >= 11 is 0. The minimum atomic E-state index is -0.356. The van der Waals surface area contributed by atoms with Gasteiger partial charge in [-0.25, -0.2) is 0 Å². The van der Waals surface area contributed by atoms with E-state index < -0.39 is 0 Å². The molecule has 2 heterocycles. The van der Waals surface area contributed by atoms with Crippen LogP contribution in [0.5, 0.6) is 0 Å². The molecular formula is C29H25N3O2. The standard InChI is InChI=1S/C29H25N3O2/c1-3-4-16-31(2)17-18-32-19-24(22-13-7-8-15-25(22)32)27-26(28(33)30-29(27)34)23-14-9-11-20-10-5-6-12-21(20)23/h5-15,19H,16-18H2,1-2H3,(H,30,33,34). The molecule has 5 rings (SSSR count). The van der Waals surface area contributed by atoms with Crippen LogP contribution in [0.3, 0.4) is 0 Å². The zero-order valence-electron chi connectivity index (χ0n) is 19.3. The fourth-order valence-electron chi connectivity index (χ4n) is 4.62. The first-order chi connectivity index (χ1) is 16.6. The number of nitrogens with zero attached hydrogens (tertiary/aromatic N) is 2. The molecule has 0 fully saturated rings. The van der Waals surface area contributed by atoms with Crippen molar-refractivity contribution in [1.82, 2.24) is 14.8 Å². The lowest BCUT2D eigenvalue weighted by atomic mass is 9.92. The Bertz CT molecular complexity index is 1530. The molecule has 0 unspecified atom stereocenters. The molecule has 2 amide bonds. The number of imide groups is 1. The van der Waals surface area contributed by atoms with Crippen LogP contribution >= 0.6 is 0 Å². The molecule has 168 valence electrons. The third kappa shape index (κ3) is 3.79. The summed E-state index contributed by atoms with van der Waals surface area (Å²) in [4.78, 5) is 28.3. The lowest BCUT2D eigenvalue weighted by Crippen LogP contribution is -2.23. The van der Waals surface area contributed by atoms with Gasteiger partial charge in [0.2, 0.25) is 0 Å². The lowest BCUT2D eigenvalue weighted by Gasteiger charge is -2.14. The van der Waals surface area contributed by atoms with E-state index in [0.717, 1.165) is 45.9 Å². The van der Waals surface area contributed by atoms with E-state index in [1.165, 1.54) is 0 Å². The summed E-state index contributed by atoms with van der Waals surface area (Å²) in [6, 6.07) is 21.8. The Morgan fingerprint density at radius 3 is 2.32 bits per heavy atom. The van der Waals surface area contributed by atoms with Crippen LogP contribution < -0.4 is 5.32 Å². The number of hydrogen-bond acceptors (Lipinski definition) is 3. The van der Waals surface area contributed by atoms with Crippen LogP contribution in [0.25, 0.3) is 32.8 Å². The average molecular weight is 448 g/mol. The Balaban J connectivity index is 1.67. The van der Waals surface area contributed by atoms with Crippen LogP contribution in [-0.2, 0) is 16.1 Å². The molecule has 0 saturated carbocycles. The quantitative estimate of drug-likeness (QED) is 0.354. The SMILES string of the molecule is CC#CCN(C)CCn1cc(C2=C(c3cccc4ccccc34)C(=O)NC2=O)c2ccccc21. The van der Waals surface area contributed by atoms with E-state index >= 15 is 0 Å². The minimum absolute atomic E-state index is 0.355. The number of para-hydroxylation sites is 1. The highest BCUT2D eigenvalue weighted by molar-refractivity contribution is 6.50. The van der Waals surface area contributed by atoms with Crippen molar-refractivity contribution in [1.29, 1.82) is 0 Å². The molecule has 5 heteroatoms. The van der Waals surface area contributed by atoms with Crippen molar-refractivity contribution in [2.24, 2.45) is 0 Å². The van der Waals surface area contributed by atoms with Gasteiger partial charge in [-0.2, -0.15) is 0 Å². The molecule has 34 heavy (non-hydrogen) atoms. The number of rotatable bonds is 6. The number of aromatic nitrogens is 1. The zero-order chi connectivity index (χ0) is 23.7. The molecule has 1 aliphatic heterocycles. The summed E-state index contributed by atoms with van der Waals surface area (Å²) in [7, 11) is 2.04. The van der Waals surface area contributed by atoms with Crippen LogP contribution in [0.15, 0.2) is 72.9 Å². The number of amides is 2. The molecule has 3 aromatic carbocycles. The van der Waals surface area contributed by atoms with Gasteiger partial charge < -0.3 is 4.57 Å². The maximum Gasteiger partial charge on any atom is 0.259 e. The van der Waals surface area contributed by atoms with Gasteiger partial charge in [-0.05, 0) is 36.4 Å². The van der Waals surface area contributed by atoms with Crippen LogP contribution in [0.2, 0.25) is 0 Å². The summed E-state index contributed by atoms with van der Waals surface area (Å²) in [5.41, 5.74) is 3.44. The fourth-order valence-corrected chi connectivity index (χ4v) is 4.62. The van der Waals surface area contributed by atoms with Crippen LogP contribution in [0, 0.1) is 11.8 Å². The monoisotopic (exact) mass is 447 g/mol. The van der Waals surface area contributed by atoms with Gasteiger partial charge in [0, 0.05) is 35.8 Å². The predicted molar refractivity (Wildman–Crippen MR) is 137 cm³/mol. The highest BCUT2D eigenvalue weighted by Gasteiger charge is 2.34. The summed E-state index contributed by atoms with van der Waals surface area (Å²) in [5, 5.41) is 5.47. The van der Waals surface area contributed by atoms with Crippen molar-refractivity contribution in [2.75, 3.05) is 20.1 Å². The summed E-state index contributed by atoms with van der Waals surface area (Å²) in [6.07, 6.45) is 2.00. The number of likely N-dealkylation sites (N-methyl/N-ethyl adjacent to an activating group) is 1. The Kier molecular flexibility index (Phi) is 5.75. The Labute approximate surface area is 198 Å². The molecule has 0 bridgehead atoms. The molecular weight excluding hydrogens is 422 g/mol. The van der Waals surface area contributed by atoms with E-state index in [0.29, 0.717) is 17.7 Å². The van der Waals surface area contributed by atoms with Gasteiger partial charge in [0.1, 0.15) is 0 Å². The van der Waals surface area contributed by atoms with E-state index in [2.05, 4.69) is 32.7 Å². The molecule has 0 spiro atoms. The Morgan fingerprint density at radius 1 is 0.853 bits per heavy atom. The summed E-state index contributed by atoms with van der Waals surface area (Å²) < 4.78 is 2.16. The molecule has 0 radical (unpaired) electrons. The second-order valence-corrected chi connectivity index (χ2v) is 8.48. The maximum absolute atomic E-state index is 13.1.